The second-order valence-electron chi connectivity index (χ2n) is 15.4. The average Bonchev–Trinajstić information content (AvgIpc) is 3.18. The van der Waals surface area contributed by atoms with Crippen molar-refractivity contribution in [3.63, 3.8) is 0 Å². The highest BCUT2D eigenvalue weighted by atomic mass is 32.2. The maximum absolute atomic E-state index is 15.0. The van der Waals surface area contributed by atoms with Gasteiger partial charge in [0.15, 0.2) is 0 Å². The van der Waals surface area contributed by atoms with Gasteiger partial charge in [0.05, 0.1) is 15.9 Å². The lowest BCUT2D eigenvalue weighted by atomic mass is 9.97. The zero-order valence-electron chi connectivity index (χ0n) is 32.6. The molecular weight excluding hydrogens is 831 g/mol. The van der Waals surface area contributed by atoms with Crippen molar-refractivity contribution in [1.29, 1.82) is 0 Å². The van der Waals surface area contributed by atoms with Crippen molar-refractivity contribution in [3.05, 3.63) is 115 Å². The van der Waals surface area contributed by atoms with Gasteiger partial charge in [-0.1, -0.05) is 106 Å². The molecule has 0 saturated carbocycles. The van der Waals surface area contributed by atoms with Gasteiger partial charge in [-0.15, -0.1) is 11.8 Å². The minimum atomic E-state index is -5.98. The highest BCUT2D eigenvalue weighted by Crippen LogP contribution is 2.38. The summed E-state index contributed by atoms with van der Waals surface area (Å²) in [5.41, 5.74) is -5.99. The molecule has 1 fully saturated rings. The van der Waals surface area contributed by atoms with Gasteiger partial charge in [0.1, 0.15) is 6.67 Å². The van der Waals surface area contributed by atoms with Crippen LogP contribution in [0.3, 0.4) is 0 Å². The van der Waals surface area contributed by atoms with E-state index < -0.39 is 62.2 Å². The number of amides is 1. The van der Waals surface area contributed by atoms with E-state index in [4.69, 9.17) is 9.56 Å². The summed E-state index contributed by atoms with van der Waals surface area (Å²) in [6, 6.07) is 31.5. The Labute approximate surface area is 344 Å². The second kappa shape index (κ2) is 18.8. The fourth-order valence-electron chi connectivity index (χ4n) is 7.39. The van der Waals surface area contributed by atoms with Crippen LogP contribution >= 0.6 is 11.8 Å². The first-order chi connectivity index (χ1) is 27.3. The third-order valence-corrected chi connectivity index (χ3v) is 19.1. The quantitative estimate of drug-likeness (QED) is 0.0823. The number of nitrogens with two attached hydrogens (primary N) is 1. The Morgan fingerprint density at radius 2 is 1.36 bits per heavy atom. The van der Waals surface area contributed by atoms with Crippen LogP contribution in [0.25, 0.3) is 0 Å². The van der Waals surface area contributed by atoms with Gasteiger partial charge in [-0.3, -0.25) is 9.69 Å². The summed E-state index contributed by atoms with van der Waals surface area (Å²) in [7, 11) is -13.6. The molecule has 5 rings (SSSR count). The molecule has 17 heteroatoms. The van der Waals surface area contributed by atoms with Crippen molar-refractivity contribution in [2.24, 2.45) is 11.1 Å². The van der Waals surface area contributed by atoms with Crippen LogP contribution in [0.15, 0.2) is 124 Å². The Morgan fingerprint density at radius 1 is 0.828 bits per heavy atom. The number of sulfone groups is 1. The maximum atomic E-state index is 15.0. The maximum Gasteiger partial charge on any atom is 0.501 e. The van der Waals surface area contributed by atoms with E-state index in [1.165, 1.54) is 11.8 Å². The molecule has 0 radical (unpaired) electrons. The second-order valence-corrected chi connectivity index (χ2v) is 24.2. The number of carbonyl (C=O) groups excluding carboxylic acids is 1. The molecule has 9 nitrogen and oxygen atoms in total. The minimum Gasteiger partial charge on any atom is -0.400 e. The van der Waals surface area contributed by atoms with E-state index in [-0.39, 0.29) is 35.1 Å². The van der Waals surface area contributed by atoms with Crippen molar-refractivity contribution in [2.75, 3.05) is 45.2 Å². The number of alkyl halides is 4. The number of carbonyl (C=O) groups is 1. The summed E-state index contributed by atoms with van der Waals surface area (Å²) in [5.74, 6) is -0.671. The van der Waals surface area contributed by atoms with Gasteiger partial charge >= 0.3 is 5.51 Å². The average molecular weight is 880 g/mol. The molecule has 58 heavy (non-hydrogen) atoms. The number of halogens is 4. The smallest absolute Gasteiger partial charge is 0.400 e. The van der Waals surface area contributed by atoms with E-state index in [9.17, 15) is 34.8 Å². The third-order valence-electron chi connectivity index (χ3n) is 10.3. The Bertz CT molecular complexity index is 2170. The van der Waals surface area contributed by atoms with Crippen molar-refractivity contribution in [2.45, 2.75) is 64.9 Å². The van der Waals surface area contributed by atoms with Gasteiger partial charge in [-0.2, -0.15) is 13.2 Å². The fraction of sp³-hybridized carbons (Fsp3) is 0.390. The Hall–Kier alpha value is -3.58. The van der Waals surface area contributed by atoms with Crippen molar-refractivity contribution in [1.82, 2.24) is 9.80 Å². The lowest BCUT2D eigenvalue weighted by molar-refractivity contribution is -0.134. The molecule has 314 valence electrons. The SMILES string of the molecule is CC(C)(C)[Si](O[C@H](CF)CN1CCN(C(=O)C[C@H](CSc2ccccc2)Cc2ccc(S(N)(=O)=O)cc2S(=O)(=O)C(F)(F)F)CC1)(c1ccccc1)c1ccccc1. The van der Waals surface area contributed by atoms with E-state index in [0.717, 1.165) is 27.4 Å². The summed E-state index contributed by atoms with van der Waals surface area (Å²) in [4.78, 5) is 16.4. The van der Waals surface area contributed by atoms with Crippen LogP contribution in [0.1, 0.15) is 32.8 Å². The van der Waals surface area contributed by atoms with Crippen molar-refractivity contribution >= 4 is 56.2 Å². The number of piperazine rings is 1. The van der Waals surface area contributed by atoms with Gasteiger partial charge in [-0.05, 0) is 57.6 Å². The van der Waals surface area contributed by atoms with E-state index in [1.807, 2.05) is 91.0 Å². The molecule has 2 atom stereocenters. The zero-order valence-corrected chi connectivity index (χ0v) is 36.0. The molecule has 1 aliphatic heterocycles. The van der Waals surface area contributed by atoms with Crippen LogP contribution < -0.4 is 15.5 Å². The summed E-state index contributed by atoms with van der Waals surface area (Å²) < 4.78 is 113. The number of nitrogens with zero attached hydrogens (tertiary/aromatic N) is 2. The van der Waals surface area contributed by atoms with Gasteiger partial charge in [0.2, 0.25) is 15.9 Å². The molecule has 2 N–H and O–H groups in total. The summed E-state index contributed by atoms with van der Waals surface area (Å²) in [6.07, 6.45) is -1.14. The number of rotatable bonds is 16. The summed E-state index contributed by atoms with van der Waals surface area (Å²) in [5, 5.41) is 6.85. The molecule has 1 saturated heterocycles. The lowest BCUT2D eigenvalue weighted by Gasteiger charge is -2.46. The Kier molecular flexibility index (Phi) is 14.7. The molecular formula is C41H49F4N3O6S3Si. The fourth-order valence-corrected chi connectivity index (χ4v) is 14.7. The predicted molar refractivity (Wildman–Crippen MR) is 222 cm³/mol. The van der Waals surface area contributed by atoms with Crippen LogP contribution in [-0.2, 0) is 35.5 Å². The van der Waals surface area contributed by atoms with Gasteiger partial charge in [0, 0.05) is 49.8 Å². The third kappa shape index (κ3) is 10.8. The number of primary sulfonamides is 1. The van der Waals surface area contributed by atoms with E-state index in [1.54, 1.807) is 4.90 Å². The molecule has 4 aromatic carbocycles. The topological polar surface area (TPSA) is 127 Å². The summed E-state index contributed by atoms with van der Waals surface area (Å²) >= 11 is 1.36. The number of sulfonamides is 1. The van der Waals surface area contributed by atoms with Crippen LogP contribution in [0.4, 0.5) is 17.6 Å². The summed E-state index contributed by atoms with van der Waals surface area (Å²) in [6.45, 7) is 7.44. The highest BCUT2D eigenvalue weighted by Gasteiger charge is 2.52. The highest BCUT2D eigenvalue weighted by molar-refractivity contribution is 7.99. The molecule has 0 aliphatic carbocycles. The largest absolute Gasteiger partial charge is 0.501 e. The predicted octanol–water partition coefficient (Wildman–Crippen LogP) is 6.03. The monoisotopic (exact) mass is 879 g/mol. The Balaban J connectivity index is 1.32. The molecule has 0 aromatic heterocycles. The Morgan fingerprint density at radius 3 is 1.84 bits per heavy atom. The van der Waals surface area contributed by atoms with Crippen LogP contribution in [0.2, 0.25) is 5.04 Å². The van der Waals surface area contributed by atoms with Crippen LogP contribution in [0.5, 0.6) is 0 Å². The first-order valence-electron chi connectivity index (χ1n) is 18.8. The molecule has 4 aromatic rings. The number of hydrogen-bond acceptors (Lipinski definition) is 8. The van der Waals surface area contributed by atoms with Gasteiger partial charge < -0.3 is 9.33 Å². The number of thioether (sulfide) groups is 1. The van der Waals surface area contributed by atoms with E-state index >= 15 is 4.39 Å². The molecule has 1 amide bonds. The lowest BCUT2D eigenvalue weighted by Crippen LogP contribution is -2.68. The van der Waals surface area contributed by atoms with Gasteiger partial charge in [0.25, 0.3) is 18.2 Å². The van der Waals surface area contributed by atoms with E-state index in [2.05, 4.69) is 25.7 Å². The molecule has 0 bridgehead atoms. The zero-order chi connectivity index (χ0) is 42.4. The van der Waals surface area contributed by atoms with Crippen LogP contribution in [-0.4, -0.2) is 97.6 Å². The first kappa shape index (κ1) is 45.5. The first-order valence-corrected chi connectivity index (χ1v) is 24.7. The van der Waals surface area contributed by atoms with Gasteiger partial charge in [-0.25, -0.2) is 26.4 Å². The van der Waals surface area contributed by atoms with Crippen molar-refractivity contribution < 1.29 is 43.6 Å². The van der Waals surface area contributed by atoms with E-state index in [0.29, 0.717) is 38.8 Å². The standard InChI is InChI=1S/C41H49F4N3O6S3Si/c1-40(2,3)58(36-15-9-5-10-16-36,37-17-11-6-12-18-37)54-33(28-42)29-47-21-23-48(24-22-47)39(49)26-31(30-55-34-13-7-4-8-14-34)25-32-19-20-35(57(46,52)53)27-38(32)56(50,51)41(43,44)45/h4-20,27,31,33H,21-26,28-30H2,1-3H3,(H2,46,52,53)/t31-,33-/m1/s1. The molecule has 1 heterocycles. The van der Waals surface area contributed by atoms with Crippen molar-refractivity contribution in [3.8, 4) is 0 Å². The normalized spacial score (nSPS) is 15.9. The van der Waals surface area contributed by atoms with Crippen LogP contribution in [0, 0.1) is 5.92 Å². The number of benzene rings is 4. The molecule has 0 spiro atoms. The minimum absolute atomic E-state index is 0.119. The molecule has 0 unspecified atom stereocenters. The molecule has 1 aliphatic rings. The number of hydrogen-bond donors (Lipinski definition) is 1.